The van der Waals surface area contributed by atoms with Gasteiger partial charge in [-0.25, -0.2) is 0 Å². The number of hydrogen-bond donors (Lipinski definition) is 2. The molecule has 1 heterocycles. The Balaban J connectivity index is 2.39. The summed E-state index contributed by atoms with van der Waals surface area (Å²) in [6.07, 6.45) is 2.51. The quantitative estimate of drug-likeness (QED) is 0.738. The molecule has 94 valence electrons. The van der Waals surface area contributed by atoms with E-state index < -0.39 is 5.97 Å². The molecule has 1 unspecified atom stereocenters. The van der Waals surface area contributed by atoms with Gasteiger partial charge in [-0.15, -0.1) is 0 Å². The molecule has 0 saturated carbocycles. The number of nitrogens with zero attached hydrogens (tertiary/aromatic N) is 1. The van der Waals surface area contributed by atoms with E-state index >= 15 is 0 Å². The highest BCUT2D eigenvalue weighted by Crippen LogP contribution is 2.32. The van der Waals surface area contributed by atoms with Gasteiger partial charge in [-0.1, -0.05) is 13.8 Å². The molecule has 16 heavy (non-hydrogen) atoms. The highest BCUT2D eigenvalue weighted by molar-refractivity contribution is 5.68. The Morgan fingerprint density at radius 1 is 1.56 bits per heavy atom. The summed E-state index contributed by atoms with van der Waals surface area (Å²) in [4.78, 5) is 12.8. The number of carbonyl (C=O) groups is 1. The first-order chi connectivity index (χ1) is 7.42. The normalized spacial score (nSPS) is 23.3. The van der Waals surface area contributed by atoms with Crippen molar-refractivity contribution in [2.75, 3.05) is 33.2 Å². The van der Waals surface area contributed by atoms with Crippen LogP contribution in [0.15, 0.2) is 0 Å². The molecule has 0 amide bonds. The third kappa shape index (κ3) is 4.10. The smallest absolute Gasteiger partial charge is 0.317 e. The Morgan fingerprint density at radius 3 is 2.81 bits per heavy atom. The molecular weight excluding hydrogens is 204 g/mol. The predicted molar refractivity (Wildman–Crippen MR) is 64.5 cm³/mol. The molecule has 4 heteroatoms. The molecule has 4 nitrogen and oxygen atoms in total. The van der Waals surface area contributed by atoms with E-state index in [1.807, 2.05) is 0 Å². The van der Waals surface area contributed by atoms with Gasteiger partial charge in [-0.2, -0.15) is 0 Å². The summed E-state index contributed by atoms with van der Waals surface area (Å²) in [7, 11) is 2.16. The zero-order valence-electron chi connectivity index (χ0n) is 10.6. The average molecular weight is 228 g/mol. The molecule has 0 bridgehead atoms. The zero-order valence-corrected chi connectivity index (χ0v) is 10.6. The lowest BCUT2D eigenvalue weighted by Gasteiger charge is -2.40. The molecule has 0 spiro atoms. The number of aliphatic carboxylic acids is 1. The summed E-state index contributed by atoms with van der Waals surface area (Å²) in [5.74, 6) is -0.121. The van der Waals surface area contributed by atoms with Crippen molar-refractivity contribution in [3.05, 3.63) is 0 Å². The van der Waals surface area contributed by atoms with Crippen molar-refractivity contribution in [3.8, 4) is 0 Å². The van der Waals surface area contributed by atoms with Gasteiger partial charge in [0.1, 0.15) is 0 Å². The van der Waals surface area contributed by atoms with Crippen LogP contribution in [0.5, 0.6) is 0 Å². The Hall–Kier alpha value is -0.610. The minimum Gasteiger partial charge on any atom is -0.480 e. The van der Waals surface area contributed by atoms with Gasteiger partial charge in [-0.05, 0) is 37.8 Å². The van der Waals surface area contributed by atoms with E-state index in [0.29, 0.717) is 5.92 Å². The van der Waals surface area contributed by atoms with E-state index in [0.717, 1.165) is 13.1 Å². The van der Waals surface area contributed by atoms with Crippen LogP contribution in [0.4, 0.5) is 0 Å². The lowest BCUT2D eigenvalue weighted by molar-refractivity contribution is -0.136. The minimum atomic E-state index is -0.781. The fraction of sp³-hybridized carbons (Fsp3) is 0.917. The van der Waals surface area contributed by atoms with E-state index in [2.05, 4.69) is 31.1 Å². The first-order valence-corrected chi connectivity index (χ1v) is 6.03. The number of hydrogen-bond acceptors (Lipinski definition) is 3. The van der Waals surface area contributed by atoms with Crippen molar-refractivity contribution >= 4 is 5.97 Å². The van der Waals surface area contributed by atoms with E-state index in [1.54, 1.807) is 0 Å². The maximum Gasteiger partial charge on any atom is 0.317 e. The first-order valence-electron chi connectivity index (χ1n) is 6.03. The molecule has 2 N–H and O–H groups in total. The van der Waals surface area contributed by atoms with Crippen LogP contribution in [0.25, 0.3) is 0 Å². The number of rotatable bonds is 5. The molecule has 1 atom stereocenters. The highest BCUT2D eigenvalue weighted by Gasteiger charge is 2.31. The third-order valence-electron chi connectivity index (χ3n) is 3.59. The summed E-state index contributed by atoms with van der Waals surface area (Å²) in [6.45, 7) is 7.61. The third-order valence-corrected chi connectivity index (χ3v) is 3.59. The van der Waals surface area contributed by atoms with Crippen molar-refractivity contribution in [2.45, 2.75) is 26.7 Å². The lowest BCUT2D eigenvalue weighted by atomic mass is 9.74. The van der Waals surface area contributed by atoms with Gasteiger partial charge >= 0.3 is 5.97 Å². The van der Waals surface area contributed by atoms with Gasteiger partial charge in [0.2, 0.25) is 0 Å². The predicted octanol–water partition coefficient (Wildman–Crippen LogP) is 1.03. The van der Waals surface area contributed by atoms with Crippen molar-refractivity contribution in [1.29, 1.82) is 0 Å². The van der Waals surface area contributed by atoms with E-state index in [4.69, 9.17) is 5.11 Å². The van der Waals surface area contributed by atoms with Gasteiger partial charge in [0, 0.05) is 13.1 Å². The molecular formula is C12H24N2O2. The second-order valence-electron chi connectivity index (χ2n) is 5.59. The molecule has 1 aliphatic rings. The summed E-state index contributed by atoms with van der Waals surface area (Å²) >= 11 is 0. The second kappa shape index (κ2) is 5.64. The van der Waals surface area contributed by atoms with Crippen molar-refractivity contribution in [2.24, 2.45) is 11.3 Å². The molecule has 0 aromatic carbocycles. The summed E-state index contributed by atoms with van der Waals surface area (Å²) in [5, 5.41) is 11.6. The molecule has 1 aliphatic heterocycles. The van der Waals surface area contributed by atoms with Gasteiger partial charge in [0.25, 0.3) is 0 Å². The maximum absolute atomic E-state index is 10.4. The Bertz CT molecular complexity index is 241. The molecule has 0 aromatic rings. The van der Waals surface area contributed by atoms with Gasteiger partial charge in [0.15, 0.2) is 0 Å². The largest absolute Gasteiger partial charge is 0.480 e. The SMILES string of the molecule is CN1CCCC(C(C)(C)CNCC(=O)O)C1. The lowest BCUT2D eigenvalue weighted by Crippen LogP contribution is -2.44. The van der Waals surface area contributed by atoms with Crippen molar-refractivity contribution in [3.63, 3.8) is 0 Å². The highest BCUT2D eigenvalue weighted by atomic mass is 16.4. The minimum absolute atomic E-state index is 0.0615. The monoisotopic (exact) mass is 228 g/mol. The number of piperidine rings is 1. The number of likely N-dealkylation sites (tertiary alicyclic amines) is 1. The fourth-order valence-corrected chi connectivity index (χ4v) is 2.44. The topological polar surface area (TPSA) is 52.6 Å². The first kappa shape index (κ1) is 13.5. The van der Waals surface area contributed by atoms with Crippen LogP contribution in [0.1, 0.15) is 26.7 Å². The number of carboxylic acids is 1. The van der Waals surface area contributed by atoms with E-state index in [9.17, 15) is 4.79 Å². The molecule has 0 radical (unpaired) electrons. The van der Waals surface area contributed by atoms with E-state index in [-0.39, 0.29) is 12.0 Å². The van der Waals surface area contributed by atoms with Crippen molar-refractivity contribution in [1.82, 2.24) is 10.2 Å². The second-order valence-corrected chi connectivity index (χ2v) is 5.59. The Labute approximate surface area is 98.0 Å². The molecule has 0 aromatic heterocycles. The fourth-order valence-electron chi connectivity index (χ4n) is 2.44. The van der Waals surface area contributed by atoms with Crippen LogP contribution in [-0.2, 0) is 4.79 Å². The van der Waals surface area contributed by atoms with Crippen LogP contribution < -0.4 is 5.32 Å². The summed E-state index contributed by atoms with van der Waals surface area (Å²) < 4.78 is 0. The Kier molecular flexibility index (Phi) is 4.74. The molecule has 1 saturated heterocycles. The van der Waals surface area contributed by atoms with Gasteiger partial charge < -0.3 is 15.3 Å². The molecule has 1 rings (SSSR count). The standard InChI is InChI=1S/C12H24N2O2/c1-12(2,9-13-7-11(15)16)10-5-4-6-14(3)8-10/h10,13H,4-9H2,1-3H3,(H,15,16). The van der Waals surface area contributed by atoms with Crippen LogP contribution in [0.2, 0.25) is 0 Å². The van der Waals surface area contributed by atoms with Crippen LogP contribution in [-0.4, -0.2) is 49.2 Å². The van der Waals surface area contributed by atoms with Crippen LogP contribution >= 0.6 is 0 Å². The summed E-state index contributed by atoms with van der Waals surface area (Å²) in [6, 6.07) is 0. The van der Waals surface area contributed by atoms with Crippen LogP contribution in [0, 0.1) is 11.3 Å². The summed E-state index contributed by atoms with van der Waals surface area (Å²) in [5.41, 5.74) is 0.171. The Morgan fingerprint density at radius 2 is 2.25 bits per heavy atom. The van der Waals surface area contributed by atoms with Crippen molar-refractivity contribution < 1.29 is 9.90 Å². The van der Waals surface area contributed by atoms with Gasteiger partial charge in [-0.3, -0.25) is 4.79 Å². The van der Waals surface area contributed by atoms with E-state index in [1.165, 1.54) is 19.4 Å². The molecule has 0 aliphatic carbocycles. The molecule has 1 fully saturated rings. The number of nitrogens with one attached hydrogen (secondary N) is 1. The number of carboxylic acid groups (broad SMARTS) is 1. The average Bonchev–Trinajstić information content (AvgIpc) is 2.16. The zero-order chi connectivity index (χ0) is 12.2. The van der Waals surface area contributed by atoms with Gasteiger partial charge in [0.05, 0.1) is 6.54 Å². The maximum atomic E-state index is 10.4. The van der Waals surface area contributed by atoms with Crippen LogP contribution in [0.3, 0.4) is 0 Å².